The summed E-state index contributed by atoms with van der Waals surface area (Å²) in [5.74, 6) is 0.167. The van der Waals surface area contributed by atoms with Gasteiger partial charge in [0.2, 0.25) is 0 Å². The highest BCUT2D eigenvalue weighted by Crippen LogP contribution is 2.21. The molecule has 1 heterocycles. The van der Waals surface area contributed by atoms with Gasteiger partial charge in [-0.05, 0) is 55.9 Å². The van der Waals surface area contributed by atoms with Gasteiger partial charge >= 0.3 is 12.2 Å². The van der Waals surface area contributed by atoms with Gasteiger partial charge < -0.3 is 30.0 Å². The standard InChI is InChI=1S/C34H47N5O7S/c1-33(2,3)29(37-31(42)44-7)30(41)38-39(18-24-11-9-8-10-12-24)19-28(40)27(36-32(43)46-34(4,5)6)17-23-13-15-26(16-14-23)45-20-25-21-47-22-35-25/h8-16,21-22,27-29,40H,17-20H2,1-7H3,(H,36,43)(H,37,42)(H,38,41)/t27-,28-,29+/m0/s1. The van der Waals surface area contributed by atoms with Crippen LogP contribution in [-0.2, 0) is 33.8 Å². The molecule has 3 amide bonds. The molecular formula is C34H47N5O7S. The Balaban J connectivity index is 1.82. The van der Waals surface area contributed by atoms with Gasteiger partial charge in [-0.2, -0.15) is 0 Å². The Hall–Kier alpha value is -4.20. The maximum absolute atomic E-state index is 13.6. The van der Waals surface area contributed by atoms with Crippen molar-refractivity contribution in [3.8, 4) is 5.75 Å². The molecule has 2 aromatic carbocycles. The van der Waals surface area contributed by atoms with Crippen LogP contribution in [0.25, 0.3) is 0 Å². The lowest BCUT2D eigenvalue weighted by atomic mass is 9.86. The SMILES string of the molecule is COC(=O)N[C@H](C(=O)NN(Cc1ccccc1)C[C@H](O)[C@H](Cc1ccc(OCc2cscn2)cc1)NC(=O)OC(C)(C)C)C(C)(C)C. The summed E-state index contributed by atoms with van der Waals surface area (Å²) < 4.78 is 16.1. The highest BCUT2D eigenvalue weighted by atomic mass is 32.1. The van der Waals surface area contributed by atoms with E-state index in [1.807, 2.05) is 80.7 Å². The molecule has 3 aromatic rings. The summed E-state index contributed by atoms with van der Waals surface area (Å²) >= 11 is 1.50. The highest BCUT2D eigenvalue weighted by Gasteiger charge is 2.35. The summed E-state index contributed by atoms with van der Waals surface area (Å²) in [6, 6.07) is 15.1. The van der Waals surface area contributed by atoms with E-state index in [0.29, 0.717) is 12.4 Å². The Morgan fingerprint density at radius 1 is 0.936 bits per heavy atom. The third kappa shape index (κ3) is 13.2. The molecule has 0 aliphatic carbocycles. The summed E-state index contributed by atoms with van der Waals surface area (Å²) in [6.45, 7) is 11.3. The van der Waals surface area contributed by atoms with Gasteiger partial charge in [-0.25, -0.2) is 19.6 Å². The van der Waals surface area contributed by atoms with E-state index in [1.54, 1.807) is 31.3 Å². The van der Waals surface area contributed by atoms with Crippen LogP contribution < -0.4 is 20.8 Å². The van der Waals surface area contributed by atoms with Gasteiger partial charge in [0.1, 0.15) is 24.0 Å². The molecule has 3 rings (SSSR count). The van der Waals surface area contributed by atoms with E-state index in [4.69, 9.17) is 14.2 Å². The zero-order valence-electron chi connectivity index (χ0n) is 28.1. The van der Waals surface area contributed by atoms with Crippen LogP contribution in [0.15, 0.2) is 65.5 Å². The lowest BCUT2D eigenvalue weighted by molar-refractivity contribution is -0.131. The van der Waals surface area contributed by atoms with Crippen LogP contribution in [0, 0.1) is 5.41 Å². The summed E-state index contributed by atoms with van der Waals surface area (Å²) in [5.41, 5.74) is 5.76. The number of hydrogen-bond acceptors (Lipinski definition) is 10. The number of methoxy groups -OCH3 is 1. The molecule has 0 saturated heterocycles. The van der Waals surface area contributed by atoms with E-state index >= 15 is 0 Å². The first-order valence-corrected chi connectivity index (χ1v) is 16.3. The van der Waals surface area contributed by atoms with E-state index in [1.165, 1.54) is 18.4 Å². The van der Waals surface area contributed by atoms with Crippen molar-refractivity contribution in [1.82, 2.24) is 26.1 Å². The number of aromatic nitrogens is 1. The number of hydrazine groups is 1. The van der Waals surface area contributed by atoms with Crippen molar-refractivity contribution in [2.24, 2.45) is 5.41 Å². The number of nitrogens with zero attached hydrogens (tertiary/aromatic N) is 2. The first-order valence-electron chi connectivity index (χ1n) is 15.3. The van der Waals surface area contributed by atoms with Crippen LogP contribution in [0.2, 0.25) is 0 Å². The number of alkyl carbamates (subject to hydrolysis) is 2. The summed E-state index contributed by atoms with van der Waals surface area (Å²) in [7, 11) is 1.23. The Bertz CT molecular complexity index is 1410. The van der Waals surface area contributed by atoms with Crippen molar-refractivity contribution in [3.63, 3.8) is 0 Å². The normalized spacial score (nSPS) is 13.6. The van der Waals surface area contributed by atoms with Crippen molar-refractivity contribution < 1.29 is 33.7 Å². The van der Waals surface area contributed by atoms with E-state index in [9.17, 15) is 19.5 Å². The Labute approximate surface area is 280 Å². The number of thiazole rings is 1. The summed E-state index contributed by atoms with van der Waals surface area (Å²) in [5, 5.41) is 20.5. The molecule has 0 fully saturated rings. The van der Waals surface area contributed by atoms with Crippen LogP contribution in [0.3, 0.4) is 0 Å². The van der Waals surface area contributed by atoms with E-state index < -0.39 is 47.3 Å². The van der Waals surface area contributed by atoms with Crippen LogP contribution in [0.1, 0.15) is 58.4 Å². The first kappa shape index (κ1) is 37.3. The van der Waals surface area contributed by atoms with Crippen LogP contribution in [0.5, 0.6) is 5.75 Å². The number of rotatable bonds is 14. The van der Waals surface area contributed by atoms with E-state index in [-0.39, 0.29) is 19.5 Å². The lowest BCUT2D eigenvalue weighted by Gasteiger charge is -2.34. The fraction of sp³-hybridized carbons (Fsp3) is 0.471. The third-order valence-corrected chi connectivity index (χ3v) is 7.52. The molecule has 3 atom stereocenters. The van der Waals surface area contributed by atoms with Gasteiger partial charge in [-0.3, -0.25) is 10.2 Å². The Kier molecular flexibility index (Phi) is 13.6. The monoisotopic (exact) mass is 669 g/mol. The minimum Gasteiger partial charge on any atom is -0.487 e. The molecule has 0 unspecified atom stereocenters. The van der Waals surface area contributed by atoms with Crippen LogP contribution in [0.4, 0.5) is 9.59 Å². The van der Waals surface area contributed by atoms with Crippen molar-refractivity contribution >= 4 is 29.4 Å². The van der Waals surface area contributed by atoms with Gasteiger partial charge in [0.05, 0.1) is 30.5 Å². The number of hydrogen-bond donors (Lipinski definition) is 4. The van der Waals surface area contributed by atoms with Crippen molar-refractivity contribution in [1.29, 1.82) is 0 Å². The third-order valence-electron chi connectivity index (χ3n) is 6.88. The molecule has 256 valence electrons. The molecule has 0 aliphatic heterocycles. The maximum Gasteiger partial charge on any atom is 0.407 e. The minimum atomic E-state index is -1.16. The van der Waals surface area contributed by atoms with Gasteiger partial charge in [0.15, 0.2) is 0 Å². The van der Waals surface area contributed by atoms with Crippen molar-refractivity contribution in [3.05, 3.63) is 82.3 Å². The number of carbonyl (C=O) groups is 3. The predicted molar refractivity (Wildman–Crippen MR) is 180 cm³/mol. The molecule has 47 heavy (non-hydrogen) atoms. The van der Waals surface area contributed by atoms with Gasteiger partial charge in [-0.1, -0.05) is 63.2 Å². The largest absolute Gasteiger partial charge is 0.487 e. The van der Waals surface area contributed by atoms with E-state index in [0.717, 1.165) is 16.8 Å². The maximum atomic E-state index is 13.6. The van der Waals surface area contributed by atoms with E-state index in [2.05, 4.69) is 21.0 Å². The molecule has 1 aromatic heterocycles. The fourth-order valence-corrected chi connectivity index (χ4v) is 5.11. The number of ether oxygens (including phenoxy) is 3. The molecule has 0 bridgehead atoms. The smallest absolute Gasteiger partial charge is 0.407 e. The molecular weight excluding hydrogens is 622 g/mol. The number of benzene rings is 2. The van der Waals surface area contributed by atoms with Gasteiger partial charge in [-0.15, -0.1) is 11.3 Å². The number of nitrogens with one attached hydrogen (secondary N) is 3. The quantitative estimate of drug-likeness (QED) is 0.177. The summed E-state index contributed by atoms with van der Waals surface area (Å²) in [6.07, 6.45) is -2.32. The fourth-order valence-electron chi connectivity index (χ4n) is 4.56. The lowest BCUT2D eigenvalue weighted by Crippen LogP contribution is -2.59. The highest BCUT2D eigenvalue weighted by molar-refractivity contribution is 7.07. The Morgan fingerprint density at radius 2 is 1.62 bits per heavy atom. The van der Waals surface area contributed by atoms with Crippen molar-refractivity contribution in [2.45, 2.75) is 84.9 Å². The predicted octanol–water partition coefficient (Wildman–Crippen LogP) is 4.82. The molecule has 0 saturated carbocycles. The first-order chi connectivity index (χ1) is 22.1. The average Bonchev–Trinajstić information content (AvgIpc) is 3.51. The second-order valence-electron chi connectivity index (χ2n) is 13.2. The molecule has 12 nitrogen and oxygen atoms in total. The summed E-state index contributed by atoms with van der Waals surface area (Å²) in [4.78, 5) is 42.8. The van der Waals surface area contributed by atoms with Crippen molar-refractivity contribution in [2.75, 3.05) is 13.7 Å². The second kappa shape index (κ2) is 17.1. The van der Waals surface area contributed by atoms with Gasteiger partial charge in [0.25, 0.3) is 5.91 Å². The molecule has 4 N–H and O–H groups in total. The number of amides is 3. The van der Waals surface area contributed by atoms with Crippen LogP contribution >= 0.6 is 11.3 Å². The molecule has 13 heteroatoms. The number of aliphatic hydroxyl groups is 1. The molecule has 0 aliphatic rings. The minimum absolute atomic E-state index is 0.0645. The second-order valence-corrected chi connectivity index (χ2v) is 13.9. The van der Waals surface area contributed by atoms with Gasteiger partial charge in [0, 0.05) is 18.5 Å². The number of carbonyl (C=O) groups excluding carboxylic acids is 3. The Morgan fingerprint density at radius 3 is 2.19 bits per heavy atom. The zero-order valence-corrected chi connectivity index (χ0v) is 28.9. The zero-order chi connectivity index (χ0) is 34.6. The average molecular weight is 670 g/mol. The topological polar surface area (TPSA) is 151 Å². The molecule has 0 radical (unpaired) electrons. The van der Waals surface area contributed by atoms with Crippen LogP contribution in [-0.4, -0.2) is 70.6 Å². The molecule has 0 spiro atoms. The number of aliphatic hydroxyl groups excluding tert-OH is 1.